The Kier molecular flexibility index (Phi) is 6.21. The zero-order valence-corrected chi connectivity index (χ0v) is 14.1. The minimum absolute atomic E-state index is 0.00541. The van der Waals surface area contributed by atoms with Gasteiger partial charge in [-0.05, 0) is 22.0 Å². The van der Waals surface area contributed by atoms with Crippen molar-refractivity contribution in [3.05, 3.63) is 22.4 Å². The summed E-state index contributed by atoms with van der Waals surface area (Å²) in [5.74, 6) is -1.92. The maximum atomic E-state index is 11.6. The standard InChI is InChI=1S/C10H7BrCl3N3O4/c1-21-7(18)6-5(2-4(11)3-15-6)16-9(20)17-8(19)10(12,13)14/h2-3H,1H3,(H2,16,17,19,20). The molecule has 3 amide bonds. The summed E-state index contributed by atoms with van der Waals surface area (Å²) in [6.45, 7) is 0. The van der Waals surface area contributed by atoms with Crippen LogP contribution in [0.4, 0.5) is 10.5 Å². The van der Waals surface area contributed by atoms with Crippen LogP contribution in [-0.4, -0.2) is 33.8 Å². The molecular formula is C10H7BrCl3N3O4. The first-order valence-corrected chi connectivity index (χ1v) is 7.01. The molecule has 0 bridgehead atoms. The van der Waals surface area contributed by atoms with Crippen molar-refractivity contribution in [1.29, 1.82) is 0 Å². The SMILES string of the molecule is COC(=O)c1ncc(Br)cc1NC(=O)NC(=O)C(Cl)(Cl)Cl. The predicted molar refractivity (Wildman–Crippen MR) is 80.7 cm³/mol. The molecule has 11 heteroatoms. The van der Waals surface area contributed by atoms with Gasteiger partial charge in [-0.25, -0.2) is 14.6 Å². The second-order valence-corrected chi connectivity index (χ2v) is 6.64. The Balaban J connectivity index is 2.92. The third-order valence-electron chi connectivity index (χ3n) is 1.97. The van der Waals surface area contributed by atoms with Crippen molar-refractivity contribution in [3.8, 4) is 0 Å². The van der Waals surface area contributed by atoms with Crippen LogP contribution in [0.1, 0.15) is 10.5 Å². The largest absolute Gasteiger partial charge is 0.464 e. The van der Waals surface area contributed by atoms with Crippen LogP contribution < -0.4 is 10.6 Å². The zero-order valence-electron chi connectivity index (χ0n) is 10.2. The highest BCUT2D eigenvalue weighted by molar-refractivity contribution is 9.10. The highest BCUT2D eigenvalue weighted by Crippen LogP contribution is 2.26. The number of imide groups is 1. The third kappa shape index (κ3) is 5.31. The van der Waals surface area contributed by atoms with E-state index < -0.39 is 21.7 Å². The van der Waals surface area contributed by atoms with Crippen molar-refractivity contribution in [2.24, 2.45) is 0 Å². The van der Waals surface area contributed by atoms with Gasteiger partial charge in [-0.15, -0.1) is 0 Å². The molecule has 1 heterocycles. The number of methoxy groups -OCH3 is 1. The van der Waals surface area contributed by atoms with Gasteiger partial charge in [0.05, 0.1) is 12.8 Å². The number of ether oxygens (including phenoxy) is 1. The highest BCUT2D eigenvalue weighted by atomic mass is 79.9. The average molecular weight is 419 g/mol. The molecule has 1 rings (SSSR count). The van der Waals surface area contributed by atoms with Crippen molar-refractivity contribution < 1.29 is 19.1 Å². The second kappa shape index (κ2) is 7.26. The quantitative estimate of drug-likeness (QED) is 0.567. The normalized spacial score (nSPS) is 10.7. The van der Waals surface area contributed by atoms with Crippen LogP contribution in [0.3, 0.4) is 0 Å². The Hall–Kier alpha value is -1.09. The fraction of sp³-hybridized carbons (Fsp3) is 0.200. The van der Waals surface area contributed by atoms with E-state index in [1.54, 1.807) is 5.32 Å². The molecule has 0 saturated heterocycles. The Morgan fingerprint density at radius 3 is 2.48 bits per heavy atom. The summed E-state index contributed by atoms with van der Waals surface area (Å²) >= 11 is 19.0. The molecule has 0 aliphatic rings. The Bertz CT molecular complexity index is 591. The van der Waals surface area contributed by atoms with E-state index >= 15 is 0 Å². The van der Waals surface area contributed by atoms with E-state index in [9.17, 15) is 14.4 Å². The minimum Gasteiger partial charge on any atom is -0.464 e. The number of hydrogen-bond donors (Lipinski definition) is 2. The number of nitrogens with zero attached hydrogens (tertiary/aromatic N) is 1. The number of carbonyl (C=O) groups is 3. The number of urea groups is 1. The van der Waals surface area contributed by atoms with Crippen LogP contribution in [-0.2, 0) is 9.53 Å². The van der Waals surface area contributed by atoms with Crippen LogP contribution in [0.2, 0.25) is 0 Å². The molecule has 21 heavy (non-hydrogen) atoms. The molecule has 0 atom stereocenters. The molecule has 0 aliphatic heterocycles. The van der Waals surface area contributed by atoms with E-state index in [1.165, 1.54) is 12.3 Å². The van der Waals surface area contributed by atoms with Gasteiger partial charge in [-0.3, -0.25) is 10.1 Å². The average Bonchev–Trinajstić information content (AvgIpc) is 2.36. The highest BCUT2D eigenvalue weighted by Gasteiger charge is 2.32. The van der Waals surface area contributed by atoms with Crippen molar-refractivity contribution >= 4 is 74.3 Å². The molecule has 0 unspecified atom stereocenters. The summed E-state index contributed by atoms with van der Waals surface area (Å²) in [5, 5.41) is 4.02. The number of halogens is 4. The number of hydrogen-bond acceptors (Lipinski definition) is 5. The number of pyridine rings is 1. The van der Waals surface area contributed by atoms with Gasteiger partial charge in [0.25, 0.3) is 9.70 Å². The summed E-state index contributed by atoms with van der Waals surface area (Å²) in [7, 11) is 1.16. The Labute approximate surface area is 142 Å². The Morgan fingerprint density at radius 1 is 1.33 bits per heavy atom. The van der Waals surface area contributed by atoms with Gasteiger partial charge in [0.1, 0.15) is 0 Å². The third-order valence-corrected chi connectivity index (χ3v) is 2.91. The lowest BCUT2D eigenvalue weighted by Gasteiger charge is -2.12. The van der Waals surface area contributed by atoms with Gasteiger partial charge in [-0.2, -0.15) is 0 Å². The number of carbonyl (C=O) groups excluding carboxylic acids is 3. The first-order valence-electron chi connectivity index (χ1n) is 5.08. The second-order valence-electron chi connectivity index (χ2n) is 3.45. The van der Waals surface area contributed by atoms with Gasteiger partial charge in [0.15, 0.2) is 5.69 Å². The number of esters is 1. The number of alkyl halides is 3. The lowest BCUT2D eigenvalue weighted by Crippen LogP contribution is -2.41. The molecule has 0 aromatic carbocycles. The van der Waals surface area contributed by atoms with E-state index in [1.807, 2.05) is 0 Å². The molecule has 7 nitrogen and oxygen atoms in total. The van der Waals surface area contributed by atoms with Crippen LogP contribution >= 0.6 is 50.7 Å². The topological polar surface area (TPSA) is 97.4 Å². The van der Waals surface area contributed by atoms with Gasteiger partial charge in [-0.1, -0.05) is 34.8 Å². The molecular weight excluding hydrogens is 412 g/mol. The molecule has 1 aromatic heterocycles. The van der Waals surface area contributed by atoms with Crippen LogP contribution in [0.5, 0.6) is 0 Å². The fourth-order valence-corrected chi connectivity index (χ4v) is 1.59. The van der Waals surface area contributed by atoms with Gasteiger partial charge in [0, 0.05) is 10.7 Å². The molecule has 0 fully saturated rings. The summed E-state index contributed by atoms with van der Waals surface area (Å²) in [5.41, 5.74) is -0.150. The first kappa shape index (κ1) is 18.0. The van der Waals surface area contributed by atoms with E-state index in [-0.39, 0.29) is 11.4 Å². The monoisotopic (exact) mass is 417 g/mol. The van der Waals surface area contributed by atoms with Gasteiger partial charge in [0.2, 0.25) is 0 Å². The predicted octanol–water partition coefficient (Wildman–Crippen LogP) is 2.65. The van der Waals surface area contributed by atoms with Crippen molar-refractivity contribution in [2.45, 2.75) is 3.79 Å². The fourth-order valence-electron chi connectivity index (χ4n) is 1.12. The summed E-state index contributed by atoms with van der Waals surface area (Å²) in [4.78, 5) is 38.3. The van der Waals surface area contributed by atoms with Gasteiger partial charge >= 0.3 is 12.0 Å². The van der Waals surface area contributed by atoms with Crippen LogP contribution in [0, 0.1) is 0 Å². The van der Waals surface area contributed by atoms with Crippen molar-refractivity contribution in [2.75, 3.05) is 12.4 Å². The first-order chi connectivity index (χ1) is 9.65. The number of amides is 3. The number of aromatic nitrogens is 1. The molecule has 2 N–H and O–H groups in total. The smallest absolute Gasteiger partial charge is 0.358 e. The summed E-state index contributed by atoms with van der Waals surface area (Å²) in [6.07, 6.45) is 1.34. The number of nitrogens with one attached hydrogen (secondary N) is 2. The lowest BCUT2D eigenvalue weighted by molar-refractivity contribution is -0.119. The maximum Gasteiger partial charge on any atom is 0.358 e. The van der Waals surface area contributed by atoms with E-state index in [0.29, 0.717) is 4.47 Å². The van der Waals surface area contributed by atoms with E-state index in [4.69, 9.17) is 34.8 Å². The molecule has 0 spiro atoms. The lowest BCUT2D eigenvalue weighted by atomic mass is 10.3. The molecule has 114 valence electrons. The summed E-state index contributed by atoms with van der Waals surface area (Å²) < 4.78 is 2.71. The molecule has 0 radical (unpaired) electrons. The van der Waals surface area contributed by atoms with Crippen LogP contribution in [0.15, 0.2) is 16.7 Å². The molecule has 1 aromatic rings. The van der Waals surface area contributed by atoms with E-state index in [0.717, 1.165) is 7.11 Å². The minimum atomic E-state index is -2.29. The number of rotatable bonds is 2. The molecule has 0 saturated carbocycles. The zero-order chi connectivity index (χ0) is 16.2. The number of anilines is 1. The Morgan fingerprint density at radius 2 is 1.95 bits per heavy atom. The van der Waals surface area contributed by atoms with Gasteiger partial charge < -0.3 is 10.1 Å². The summed E-state index contributed by atoms with van der Waals surface area (Å²) in [6, 6.07) is 0.384. The van der Waals surface area contributed by atoms with Crippen LogP contribution in [0.25, 0.3) is 0 Å². The van der Waals surface area contributed by atoms with E-state index in [2.05, 4.69) is 31.0 Å². The molecule has 0 aliphatic carbocycles. The van der Waals surface area contributed by atoms with Crippen molar-refractivity contribution in [3.63, 3.8) is 0 Å². The maximum absolute atomic E-state index is 11.6. The van der Waals surface area contributed by atoms with Crippen molar-refractivity contribution in [1.82, 2.24) is 10.3 Å².